The van der Waals surface area contributed by atoms with Crippen LogP contribution in [-0.4, -0.2) is 29.0 Å². The summed E-state index contributed by atoms with van der Waals surface area (Å²) in [7, 11) is 1.90. The zero-order chi connectivity index (χ0) is 15.4. The average Bonchev–Trinajstić information content (AvgIpc) is 3.02. The summed E-state index contributed by atoms with van der Waals surface area (Å²) in [6, 6.07) is 2.25. The van der Waals surface area contributed by atoms with Gasteiger partial charge in [-0.05, 0) is 33.9 Å². The van der Waals surface area contributed by atoms with Gasteiger partial charge < -0.3 is 9.84 Å². The van der Waals surface area contributed by atoms with Crippen LogP contribution in [0.2, 0.25) is 0 Å². The van der Waals surface area contributed by atoms with E-state index in [2.05, 4.69) is 22.4 Å². The van der Waals surface area contributed by atoms with Gasteiger partial charge in [-0.3, -0.25) is 4.79 Å². The van der Waals surface area contributed by atoms with E-state index in [1.807, 2.05) is 27.0 Å². The highest BCUT2D eigenvalue weighted by Gasteiger charge is 2.15. The first-order chi connectivity index (χ1) is 9.99. The molecule has 2 heterocycles. The third-order valence-corrected chi connectivity index (χ3v) is 4.36. The summed E-state index contributed by atoms with van der Waals surface area (Å²) in [6.45, 7) is 6.05. The highest BCUT2D eigenvalue weighted by molar-refractivity contribution is 7.12. The number of aryl methyl sites for hydroxylation is 3. The molecule has 0 aliphatic heterocycles. The van der Waals surface area contributed by atoms with Crippen molar-refractivity contribution in [2.45, 2.75) is 46.1 Å². The molecule has 0 saturated carbocycles. The Kier molecular flexibility index (Phi) is 5.25. The van der Waals surface area contributed by atoms with Crippen molar-refractivity contribution >= 4 is 17.1 Å². The molecule has 0 spiro atoms. The topological polar surface area (TPSA) is 68.0 Å². The molecule has 5 nitrogen and oxygen atoms in total. The van der Waals surface area contributed by atoms with E-state index in [9.17, 15) is 4.79 Å². The van der Waals surface area contributed by atoms with Crippen LogP contribution in [0.3, 0.4) is 0 Å². The van der Waals surface area contributed by atoms with Crippen molar-refractivity contribution in [3.63, 3.8) is 0 Å². The number of rotatable bonds is 7. The Morgan fingerprint density at radius 3 is 2.86 bits per heavy atom. The number of thiophene rings is 1. The number of nitrogens with one attached hydrogen (secondary N) is 1. The fraction of sp³-hybridized carbons (Fsp3) is 0.533. The van der Waals surface area contributed by atoms with Gasteiger partial charge in [-0.15, -0.1) is 11.3 Å². The van der Waals surface area contributed by atoms with Crippen molar-refractivity contribution in [3.05, 3.63) is 33.1 Å². The molecular weight excluding hydrogens is 286 g/mol. The summed E-state index contributed by atoms with van der Waals surface area (Å²) in [5, 5.41) is 7.07. The molecule has 1 N–H and O–H groups in total. The second-order valence-electron chi connectivity index (χ2n) is 5.25. The van der Waals surface area contributed by atoms with Crippen molar-refractivity contribution in [1.82, 2.24) is 15.5 Å². The lowest BCUT2D eigenvalue weighted by Gasteiger charge is -2.04. The molecule has 0 amide bonds. The first-order valence-corrected chi connectivity index (χ1v) is 7.90. The largest absolute Gasteiger partial charge is 0.339 e. The van der Waals surface area contributed by atoms with Crippen molar-refractivity contribution < 1.29 is 9.32 Å². The van der Waals surface area contributed by atoms with Crippen molar-refractivity contribution in [2.75, 3.05) is 7.05 Å². The molecule has 1 unspecified atom stereocenters. The molecule has 0 aromatic carbocycles. The van der Waals surface area contributed by atoms with E-state index in [0.717, 1.165) is 21.7 Å². The molecule has 1 atom stereocenters. The molecule has 2 rings (SSSR count). The van der Waals surface area contributed by atoms with Gasteiger partial charge in [-0.2, -0.15) is 4.98 Å². The summed E-state index contributed by atoms with van der Waals surface area (Å²) < 4.78 is 5.19. The van der Waals surface area contributed by atoms with Crippen molar-refractivity contribution in [1.29, 1.82) is 0 Å². The van der Waals surface area contributed by atoms with Gasteiger partial charge in [-0.25, -0.2) is 0 Å². The standard InChI is InChI=1S/C15H21N3O2S/c1-9(16-4)7-14-17-15(20-18-14)6-5-13(19)12-8-10(2)21-11(12)3/h8-9,16H,5-7H2,1-4H3. The summed E-state index contributed by atoms with van der Waals surface area (Å²) in [6.07, 6.45) is 1.62. The molecule has 0 bridgehead atoms. The van der Waals surface area contributed by atoms with Gasteiger partial charge in [0.05, 0.1) is 0 Å². The van der Waals surface area contributed by atoms with Crippen LogP contribution in [-0.2, 0) is 12.8 Å². The predicted molar refractivity (Wildman–Crippen MR) is 83.0 cm³/mol. The lowest BCUT2D eigenvalue weighted by Crippen LogP contribution is -2.24. The van der Waals surface area contributed by atoms with Crippen LogP contribution in [0.15, 0.2) is 10.6 Å². The minimum absolute atomic E-state index is 0.139. The summed E-state index contributed by atoms with van der Waals surface area (Å²) >= 11 is 1.65. The van der Waals surface area contributed by atoms with Gasteiger partial charge in [0.2, 0.25) is 5.89 Å². The van der Waals surface area contributed by atoms with Crippen LogP contribution < -0.4 is 5.32 Å². The van der Waals surface area contributed by atoms with Gasteiger partial charge in [0.1, 0.15) is 0 Å². The van der Waals surface area contributed by atoms with E-state index >= 15 is 0 Å². The smallest absolute Gasteiger partial charge is 0.227 e. The molecule has 0 aliphatic rings. The highest BCUT2D eigenvalue weighted by atomic mass is 32.1. The van der Waals surface area contributed by atoms with E-state index in [1.165, 1.54) is 0 Å². The molecular formula is C15H21N3O2S. The second kappa shape index (κ2) is 6.95. The number of carbonyl (C=O) groups is 1. The third kappa shape index (κ3) is 4.22. The van der Waals surface area contributed by atoms with Gasteiger partial charge in [0.15, 0.2) is 11.6 Å². The molecule has 21 heavy (non-hydrogen) atoms. The first-order valence-electron chi connectivity index (χ1n) is 7.08. The van der Waals surface area contributed by atoms with Crippen molar-refractivity contribution in [2.24, 2.45) is 0 Å². The van der Waals surface area contributed by atoms with E-state index < -0.39 is 0 Å². The molecule has 0 radical (unpaired) electrons. The van der Waals surface area contributed by atoms with E-state index in [-0.39, 0.29) is 5.78 Å². The van der Waals surface area contributed by atoms with Gasteiger partial charge in [0.25, 0.3) is 0 Å². The fourth-order valence-corrected chi connectivity index (χ4v) is 3.06. The Labute approximate surface area is 128 Å². The van der Waals surface area contributed by atoms with Crippen LogP contribution in [0.25, 0.3) is 0 Å². The minimum atomic E-state index is 0.139. The maximum absolute atomic E-state index is 12.2. The second-order valence-corrected chi connectivity index (χ2v) is 6.71. The number of hydrogen-bond donors (Lipinski definition) is 1. The summed E-state index contributed by atoms with van der Waals surface area (Å²) in [4.78, 5) is 18.8. The maximum Gasteiger partial charge on any atom is 0.227 e. The zero-order valence-corrected chi connectivity index (χ0v) is 13.7. The lowest BCUT2D eigenvalue weighted by atomic mass is 10.1. The molecule has 6 heteroatoms. The van der Waals surface area contributed by atoms with Crippen LogP contribution in [0.5, 0.6) is 0 Å². The number of carbonyl (C=O) groups excluding carboxylic acids is 1. The third-order valence-electron chi connectivity index (χ3n) is 3.40. The number of Topliss-reactive ketones (excluding diaryl/α,β-unsaturated/α-hetero) is 1. The number of hydrogen-bond acceptors (Lipinski definition) is 6. The SMILES string of the molecule is CNC(C)Cc1noc(CCC(=O)c2cc(C)sc2C)n1. The van der Waals surface area contributed by atoms with Gasteiger partial charge in [-0.1, -0.05) is 5.16 Å². The van der Waals surface area contributed by atoms with E-state index in [4.69, 9.17) is 4.52 Å². The summed E-state index contributed by atoms with van der Waals surface area (Å²) in [5.41, 5.74) is 0.820. The molecule has 114 valence electrons. The quantitative estimate of drug-likeness (QED) is 0.797. The highest BCUT2D eigenvalue weighted by Crippen LogP contribution is 2.22. The maximum atomic E-state index is 12.2. The molecule has 2 aromatic rings. The molecule has 2 aromatic heterocycles. The molecule has 0 saturated heterocycles. The molecule has 0 aliphatic carbocycles. The summed E-state index contributed by atoms with van der Waals surface area (Å²) in [5.74, 6) is 1.35. The predicted octanol–water partition coefficient (Wildman–Crippen LogP) is 2.71. The number of likely N-dealkylation sites (N-methyl/N-ethyl adjacent to an activating group) is 1. The average molecular weight is 307 g/mol. The van der Waals surface area contributed by atoms with E-state index in [0.29, 0.717) is 30.6 Å². The Balaban J connectivity index is 1.91. The van der Waals surface area contributed by atoms with Crippen LogP contribution in [0.4, 0.5) is 0 Å². The van der Waals surface area contributed by atoms with Gasteiger partial charge in [0, 0.05) is 40.6 Å². The molecule has 0 fully saturated rings. The lowest BCUT2D eigenvalue weighted by molar-refractivity contribution is 0.0979. The zero-order valence-electron chi connectivity index (χ0n) is 12.9. The van der Waals surface area contributed by atoms with Crippen LogP contribution in [0.1, 0.15) is 45.2 Å². The number of nitrogens with zero attached hydrogens (tertiary/aromatic N) is 2. The first kappa shape index (κ1) is 15.9. The van der Waals surface area contributed by atoms with Crippen LogP contribution in [0, 0.1) is 13.8 Å². The number of ketones is 1. The normalized spacial score (nSPS) is 12.6. The van der Waals surface area contributed by atoms with E-state index in [1.54, 1.807) is 11.3 Å². The Morgan fingerprint density at radius 2 is 2.24 bits per heavy atom. The fourth-order valence-electron chi connectivity index (χ4n) is 2.11. The Morgan fingerprint density at radius 1 is 1.48 bits per heavy atom. The number of aromatic nitrogens is 2. The Bertz CT molecular complexity index is 618. The van der Waals surface area contributed by atoms with Crippen molar-refractivity contribution in [3.8, 4) is 0 Å². The Hall–Kier alpha value is -1.53. The van der Waals surface area contributed by atoms with Gasteiger partial charge >= 0.3 is 0 Å². The minimum Gasteiger partial charge on any atom is -0.339 e. The monoisotopic (exact) mass is 307 g/mol. The van der Waals surface area contributed by atoms with Crippen LogP contribution >= 0.6 is 11.3 Å².